The monoisotopic (exact) mass is 217 g/mol. The smallest absolute Gasteiger partial charge is 0.129 e. The van der Waals surface area contributed by atoms with Gasteiger partial charge in [0, 0.05) is 23.2 Å². The van der Waals surface area contributed by atoms with Crippen molar-refractivity contribution in [3.8, 4) is 0 Å². The summed E-state index contributed by atoms with van der Waals surface area (Å²) >= 11 is 5.82. The molecule has 1 aromatic carbocycles. The van der Waals surface area contributed by atoms with Crippen molar-refractivity contribution in [2.75, 3.05) is 6.61 Å². The zero-order chi connectivity index (χ0) is 10.6. The minimum Gasteiger partial charge on any atom is -0.396 e. The summed E-state index contributed by atoms with van der Waals surface area (Å²) in [5.74, 6) is -0.386. The van der Waals surface area contributed by atoms with Gasteiger partial charge in [0.05, 0.1) is 0 Å². The van der Waals surface area contributed by atoms with Crippen LogP contribution >= 0.6 is 11.6 Å². The van der Waals surface area contributed by atoms with Crippen molar-refractivity contribution in [2.45, 2.75) is 18.9 Å². The van der Waals surface area contributed by atoms with E-state index in [0.29, 0.717) is 23.4 Å². The average Bonchev–Trinajstić information content (AvgIpc) is 2.14. The summed E-state index contributed by atoms with van der Waals surface area (Å²) in [7, 11) is 0. The van der Waals surface area contributed by atoms with Crippen molar-refractivity contribution in [3.05, 3.63) is 34.6 Å². The molecule has 1 atom stereocenters. The number of halogens is 2. The van der Waals surface area contributed by atoms with Gasteiger partial charge in [-0.1, -0.05) is 17.7 Å². The molecule has 0 fully saturated rings. The van der Waals surface area contributed by atoms with Gasteiger partial charge in [0.15, 0.2) is 0 Å². The Labute approximate surface area is 87.5 Å². The molecule has 1 rings (SSSR count). The molecule has 3 N–H and O–H groups in total. The fourth-order valence-corrected chi connectivity index (χ4v) is 1.62. The van der Waals surface area contributed by atoms with E-state index in [1.807, 2.05) is 0 Å². The molecule has 0 bridgehead atoms. The molecule has 0 amide bonds. The number of benzene rings is 1. The van der Waals surface area contributed by atoms with E-state index in [1.54, 1.807) is 12.1 Å². The van der Waals surface area contributed by atoms with E-state index in [1.165, 1.54) is 6.07 Å². The maximum Gasteiger partial charge on any atom is 0.129 e. The third-order valence-electron chi connectivity index (χ3n) is 2.04. The van der Waals surface area contributed by atoms with Crippen LogP contribution in [0.3, 0.4) is 0 Å². The first kappa shape index (κ1) is 11.4. The number of aliphatic hydroxyl groups excluding tert-OH is 1. The van der Waals surface area contributed by atoms with Crippen molar-refractivity contribution < 1.29 is 9.50 Å². The SMILES string of the molecule is N[C@@H](CCCO)c1c(F)cccc1Cl. The lowest BCUT2D eigenvalue weighted by atomic mass is 10.0. The third-order valence-corrected chi connectivity index (χ3v) is 2.37. The first-order valence-corrected chi connectivity index (χ1v) is 4.85. The lowest BCUT2D eigenvalue weighted by Gasteiger charge is -2.13. The Morgan fingerprint density at radius 2 is 2.21 bits per heavy atom. The zero-order valence-electron chi connectivity index (χ0n) is 7.71. The molecule has 0 unspecified atom stereocenters. The Morgan fingerprint density at radius 1 is 1.50 bits per heavy atom. The Hall–Kier alpha value is -0.640. The van der Waals surface area contributed by atoms with Crippen molar-refractivity contribution in [1.29, 1.82) is 0 Å². The largest absolute Gasteiger partial charge is 0.396 e. The molecular weight excluding hydrogens is 205 g/mol. The van der Waals surface area contributed by atoms with Crippen LogP contribution in [0.1, 0.15) is 24.4 Å². The van der Waals surface area contributed by atoms with Gasteiger partial charge < -0.3 is 10.8 Å². The number of hydrogen-bond donors (Lipinski definition) is 2. The van der Waals surface area contributed by atoms with Gasteiger partial charge in [0.2, 0.25) is 0 Å². The molecule has 0 aromatic heterocycles. The number of hydrogen-bond acceptors (Lipinski definition) is 2. The maximum absolute atomic E-state index is 13.3. The van der Waals surface area contributed by atoms with Gasteiger partial charge in [-0.2, -0.15) is 0 Å². The van der Waals surface area contributed by atoms with Crippen LogP contribution in [0, 0.1) is 5.82 Å². The summed E-state index contributed by atoms with van der Waals surface area (Å²) in [6, 6.07) is 4.04. The van der Waals surface area contributed by atoms with E-state index < -0.39 is 6.04 Å². The van der Waals surface area contributed by atoms with E-state index in [-0.39, 0.29) is 12.4 Å². The molecule has 1 aromatic rings. The van der Waals surface area contributed by atoms with Crippen LogP contribution in [0.25, 0.3) is 0 Å². The molecule has 78 valence electrons. The summed E-state index contributed by atoms with van der Waals surface area (Å²) in [6.07, 6.45) is 1.07. The fourth-order valence-electron chi connectivity index (χ4n) is 1.32. The second kappa shape index (κ2) is 5.29. The van der Waals surface area contributed by atoms with E-state index in [0.717, 1.165) is 0 Å². The highest BCUT2D eigenvalue weighted by atomic mass is 35.5. The summed E-state index contributed by atoms with van der Waals surface area (Å²) in [5, 5.41) is 8.96. The highest BCUT2D eigenvalue weighted by Gasteiger charge is 2.14. The van der Waals surface area contributed by atoms with E-state index in [4.69, 9.17) is 22.4 Å². The highest BCUT2D eigenvalue weighted by Crippen LogP contribution is 2.26. The van der Waals surface area contributed by atoms with Crippen LogP contribution in [-0.2, 0) is 0 Å². The van der Waals surface area contributed by atoms with Gasteiger partial charge in [-0.25, -0.2) is 4.39 Å². The number of nitrogens with two attached hydrogens (primary N) is 1. The Morgan fingerprint density at radius 3 is 2.79 bits per heavy atom. The van der Waals surface area contributed by atoms with Gasteiger partial charge in [0.1, 0.15) is 5.82 Å². The minimum atomic E-state index is -0.448. The van der Waals surface area contributed by atoms with Gasteiger partial charge >= 0.3 is 0 Å². The Kier molecular flexibility index (Phi) is 4.32. The van der Waals surface area contributed by atoms with E-state index in [9.17, 15) is 4.39 Å². The van der Waals surface area contributed by atoms with Crippen molar-refractivity contribution in [2.24, 2.45) is 5.73 Å². The van der Waals surface area contributed by atoms with Crippen molar-refractivity contribution in [3.63, 3.8) is 0 Å². The van der Waals surface area contributed by atoms with Crippen LogP contribution in [0.2, 0.25) is 5.02 Å². The molecule has 0 heterocycles. The lowest BCUT2D eigenvalue weighted by Crippen LogP contribution is -2.13. The molecule has 14 heavy (non-hydrogen) atoms. The molecule has 0 saturated heterocycles. The topological polar surface area (TPSA) is 46.2 Å². The minimum absolute atomic E-state index is 0.0553. The van der Waals surface area contributed by atoms with E-state index in [2.05, 4.69) is 0 Å². The molecule has 2 nitrogen and oxygen atoms in total. The molecule has 0 aliphatic rings. The van der Waals surface area contributed by atoms with Gasteiger partial charge in [-0.3, -0.25) is 0 Å². The summed E-state index contributed by atoms with van der Waals surface area (Å²) in [5.41, 5.74) is 6.08. The van der Waals surface area contributed by atoms with Crippen LogP contribution in [0.4, 0.5) is 4.39 Å². The summed E-state index contributed by atoms with van der Waals surface area (Å²) in [6.45, 7) is 0.0553. The normalized spacial score (nSPS) is 12.9. The molecule has 0 spiro atoms. The molecule has 0 aliphatic carbocycles. The summed E-state index contributed by atoms with van der Waals surface area (Å²) in [4.78, 5) is 0. The van der Waals surface area contributed by atoms with Crippen molar-refractivity contribution in [1.82, 2.24) is 0 Å². The van der Waals surface area contributed by atoms with Gasteiger partial charge in [0.25, 0.3) is 0 Å². The Bertz CT molecular complexity index is 286. The predicted molar refractivity (Wildman–Crippen MR) is 54.7 cm³/mol. The predicted octanol–water partition coefficient (Wildman–Crippen LogP) is 2.25. The molecule has 0 saturated carbocycles. The van der Waals surface area contributed by atoms with Crippen LogP contribution in [0.15, 0.2) is 18.2 Å². The third kappa shape index (κ3) is 2.67. The first-order valence-electron chi connectivity index (χ1n) is 4.47. The lowest BCUT2D eigenvalue weighted by molar-refractivity contribution is 0.279. The number of rotatable bonds is 4. The quantitative estimate of drug-likeness (QED) is 0.813. The summed E-state index contributed by atoms with van der Waals surface area (Å²) < 4.78 is 13.3. The molecule has 4 heteroatoms. The van der Waals surface area contributed by atoms with Crippen LogP contribution < -0.4 is 5.73 Å². The van der Waals surface area contributed by atoms with E-state index >= 15 is 0 Å². The van der Waals surface area contributed by atoms with Gasteiger partial charge in [-0.15, -0.1) is 0 Å². The standard InChI is InChI=1S/C10H13ClFNO/c11-7-3-1-4-8(12)10(7)9(13)5-2-6-14/h1,3-4,9,14H,2,5-6,13H2/t9-/m0/s1. The van der Waals surface area contributed by atoms with Crippen LogP contribution in [0.5, 0.6) is 0 Å². The van der Waals surface area contributed by atoms with Crippen molar-refractivity contribution >= 4 is 11.6 Å². The zero-order valence-corrected chi connectivity index (χ0v) is 8.47. The van der Waals surface area contributed by atoms with Gasteiger partial charge in [-0.05, 0) is 25.0 Å². The molecule has 0 radical (unpaired) electrons. The average molecular weight is 218 g/mol. The second-order valence-electron chi connectivity index (χ2n) is 3.11. The van der Waals surface area contributed by atoms with Crippen LogP contribution in [-0.4, -0.2) is 11.7 Å². The Balaban J connectivity index is 2.82. The first-order chi connectivity index (χ1) is 6.66. The maximum atomic E-state index is 13.3. The highest BCUT2D eigenvalue weighted by molar-refractivity contribution is 6.31. The number of aliphatic hydroxyl groups is 1. The fraction of sp³-hybridized carbons (Fsp3) is 0.400. The second-order valence-corrected chi connectivity index (χ2v) is 3.51. The molecule has 0 aliphatic heterocycles. The molecular formula is C10H13ClFNO.